The minimum absolute atomic E-state index is 0.0947. The number of rotatable bonds is 3. The van der Waals surface area contributed by atoms with Crippen LogP contribution < -0.4 is 0 Å². The van der Waals surface area contributed by atoms with Gasteiger partial charge in [0.25, 0.3) is 5.91 Å². The molecule has 5 nitrogen and oxygen atoms in total. The Morgan fingerprint density at radius 1 is 1.37 bits per heavy atom. The van der Waals surface area contributed by atoms with Crippen LogP contribution in [-0.4, -0.2) is 39.2 Å². The second kappa shape index (κ2) is 7.07. The van der Waals surface area contributed by atoms with E-state index in [2.05, 4.69) is 10.2 Å². The van der Waals surface area contributed by atoms with E-state index in [4.69, 9.17) is 11.6 Å². The number of H-pyrrole nitrogens is 1. The molecular formula is C19H17ClFN3O2S. The summed E-state index contributed by atoms with van der Waals surface area (Å²) < 4.78 is 14.2. The normalized spacial score (nSPS) is 16.5. The van der Waals surface area contributed by atoms with Gasteiger partial charge in [-0.25, -0.2) is 4.39 Å². The lowest BCUT2D eigenvalue weighted by atomic mass is 9.84. The Hall–Kier alpha value is -2.22. The summed E-state index contributed by atoms with van der Waals surface area (Å²) in [6, 6.07) is 6.21. The number of thiophene rings is 1. The van der Waals surface area contributed by atoms with Crippen LogP contribution in [0.2, 0.25) is 5.02 Å². The first-order valence-corrected chi connectivity index (χ1v) is 9.77. The lowest BCUT2D eigenvalue weighted by molar-refractivity contribution is -0.0234. The third-order valence-corrected chi connectivity index (χ3v) is 6.23. The molecule has 0 spiro atoms. The molecule has 2 N–H and O–H groups in total. The molecule has 2 aromatic heterocycles. The van der Waals surface area contributed by atoms with Crippen LogP contribution >= 0.6 is 22.9 Å². The fourth-order valence-electron chi connectivity index (χ4n) is 3.44. The molecule has 140 valence electrons. The van der Waals surface area contributed by atoms with E-state index in [0.29, 0.717) is 18.7 Å². The predicted molar refractivity (Wildman–Crippen MR) is 102 cm³/mol. The Balaban J connectivity index is 1.48. The second-order valence-electron chi connectivity index (χ2n) is 6.61. The maximum Gasteiger partial charge on any atom is 0.254 e. The van der Waals surface area contributed by atoms with Crippen LogP contribution in [0.5, 0.6) is 0 Å². The number of aromatic amines is 1. The molecule has 0 saturated carbocycles. The van der Waals surface area contributed by atoms with Crippen LogP contribution in [0.3, 0.4) is 0 Å². The van der Waals surface area contributed by atoms with Crippen molar-refractivity contribution in [2.75, 3.05) is 13.1 Å². The molecule has 0 aliphatic carbocycles. The summed E-state index contributed by atoms with van der Waals surface area (Å²) in [7, 11) is 0. The van der Waals surface area contributed by atoms with E-state index in [1.54, 1.807) is 23.4 Å². The second-order valence-corrected chi connectivity index (χ2v) is 7.93. The minimum atomic E-state index is -1.37. The van der Waals surface area contributed by atoms with E-state index in [1.165, 1.54) is 23.5 Å². The first kappa shape index (κ1) is 18.2. The van der Waals surface area contributed by atoms with E-state index in [0.717, 1.165) is 10.4 Å². The van der Waals surface area contributed by atoms with Gasteiger partial charge in [-0.1, -0.05) is 17.7 Å². The van der Waals surface area contributed by atoms with Gasteiger partial charge >= 0.3 is 0 Å². The van der Waals surface area contributed by atoms with Crippen molar-refractivity contribution in [1.82, 2.24) is 15.1 Å². The van der Waals surface area contributed by atoms with Crippen LogP contribution in [-0.2, 0) is 5.60 Å². The zero-order valence-electron chi connectivity index (χ0n) is 14.3. The number of carbonyl (C=O) groups is 1. The Labute approximate surface area is 164 Å². The number of halogens is 2. The van der Waals surface area contributed by atoms with Crippen LogP contribution in [0.25, 0.3) is 10.4 Å². The van der Waals surface area contributed by atoms with Gasteiger partial charge in [0.2, 0.25) is 0 Å². The summed E-state index contributed by atoms with van der Waals surface area (Å²) >= 11 is 7.59. The number of benzene rings is 1. The molecule has 1 amide bonds. The number of amides is 1. The fourth-order valence-corrected chi connectivity index (χ4v) is 4.64. The summed E-state index contributed by atoms with van der Waals surface area (Å²) in [5.41, 5.74) is 0.291. The van der Waals surface area contributed by atoms with Crippen molar-refractivity contribution in [3.8, 4) is 10.4 Å². The zero-order valence-corrected chi connectivity index (χ0v) is 15.9. The highest BCUT2D eigenvalue weighted by molar-refractivity contribution is 7.13. The average molecular weight is 406 g/mol. The highest BCUT2D eigenvalue weighted by Crippen LogP contribution is 2.39. The largest absolute Gasteiger partial charge is 0.385 e. The molecule has 27 heavy (non-hydrogen) atoms. The zero-order chi connectivity index (χ0) is 19.0. The van der Waals surface area contributed by atoms with Gasteiger partial charge in [-0.15, -0.1) is 11.3 Å². The van der Waals surface area contributed by atoms with Crippen LogP contribution in [0.4, 0.5) is 4.39 Å². The molecule has 3 aromatic rings. The number of nitrogens with one attached hydrogen (secondary N) is 1. The smallest absolute Gasteiger partial charge is 0.254 e. The number of aliphatic hydroxyl groups is 1. The highest BCUT2D eigenvalue weighted by atomic mass is 35.5. The van der Waals surface area contributed by atoms with Crippen molar-refractivity contribution in [2.45, 2.75) is 18.4 Å². The molecular weight excluding hydrogens is 389 g/mol. The van der Waals surface area contributed by atoms with Crippen molar-refractivity contribution in [2.24, 2.45) is 0 Å². The van der Waals surface area contributed by atoms with Gasteiger partial charge in [-0.05, 0) is 31.0 Å². The number of nitrogens with zero attached hydrogens (tertiary/aromatic N) is 2. The predicted octanol–water partition coefficient (Wildman–Crippen LogP) is 4.05. The molecule has 1 aromatic carbocycles. The standard InChI is InChI=1S/C19H17ClFN3O2S/c20-14-2-1-3-15(21)17(14)19(26)4-6-24(7-5-19)18(25)12-8-16(27-11-12)13-9-22-23-10-13/h1-3,8-11,26H,4-7H2,(H,22,23). The molecule has 1 aliphatic rings. The summed E-state index contributed by atoms with van der Waals surface area (Å²) in [4.78, 5) is 15.4. The third kappa shape index (κ3) is 3.38. The molecule has 4 rings (SSSR count). The first-order valence-electron chi connectivity index (χ1n) is 8.52. The van der Waals surface area contributed by atoms with Gasteiger partial charge in [0.15, 0.2) is 0 Å². The monoisotopic (exact) mass is 405 g/mol. The van der Waals surface area contributed by atoms with E-state index in [1.807, 2.05) is 11.4 Å². The number of hydrogen-bond donors (Lipinski definition) is 2. The van der Waals surface area contributed by atoms with Gasteiger partial charge in [0, 0.05) is 45.7 Å². The summed E-state index contributed by atoms with van der Waals surface area (Å²) in [6.45, 7) is 0.660. The SMILES string of the molecule is O=C(c1csc(-c2cn[nH]c2)c1)N1CCC(O)(c2c(F)cccc2Cl)CC1. The number of carbonyl (C=O) groups excluding carboxylic acids is 1. The van der Waals surface area contributed by atoms with Gasteiger partial charge in [-0.3, -0.25) is 9.89 Å². The Morgan fingerprint density at radius 3 is 2.81 bits per heavy atom. The van der Waals surface area contributed by atoms with Crippen LogP contribution in [0.15, 0.2) is 42.0 Å². The lowest BCUT2D eigenvalue weighted by Crippen LogP contribution is -2.45. The van der Waals surface area contributed by atoms with Gasteiger partial charge in [0.1, 0.15) is 5.82 Å². The number of likely N-dealkylation sites (tertiary alicyclic amines) is 1. The van der Waals surface area contributed by atoms with Gasteiger partial charge in [0.05, 0.1) is 17.4 Å². The molecule has 0 radical (unpaired) electrons. The van der Waals surface area contributed by atoms with Gasteiger partial charge < -0.3 is 10.0 Å². The van der Waals surface area contributed by atoms with Crippen LogP contribution in [0, 0.1) is 5.82 Å². The molecule has 1 fully saturated rings. The van der Waals surface area contributed by atoms with E-state index < -0.39 is 11.4 Å². The lowest BCUT2D eigenvalue weighted by Gasteiger charge is -2.39. The Morgan fingerprint density at radius 2 is 2.15 bits per heavy atom. The minimum Gasteiger partial charge on any atom is -0.385 e. The average Bonchev–Trinajstić information content (AvgIpc) is 3.33. The topological polar surface area (TPSA) is 69.2 Å². The molecule has 1 saturated heterocycles. The molecule has 3 heterocycles. The Kier molecular flexibility index (Phi) is 4.75. The Bertz CT molecular complexity index is 945. The van der Waals surface area contributed by atoms with Crippen molar-refractivity contribution < 1.29 is 14.3 Å². The van der Waals surface area contributed by atoms with Crippen molar-refractivity contribution in [3.05, 3.63) is 64.0 Å². The number of piperidine rings is 1. The fraction of sp³-hybridized carbons (Fsp3) is 0.263. The first-order chi connectivity index (χ1) is 13.0. The molecule has 8 heteroatoms. The van der Waals surface area contributed by atoms with Crippen molar-refractivity contribution >= 4 is 28.8 Å². The molecule has 1 aliphatic heterocycles. The summed E-state index contributed by atoms with van der Waals surface area (Å²) in [5.74, 6) is -0.616. The summed E-state index contributed by atoms with van der Waals surface area (Å²) in [5, 5.41) is 19.6. The highest BCUT2D eigenvalue weighted by Gasteiger charge is 2.39. The number of hydrogen-bond acceptors (Lipinski definition) is 4. The molecule has 0 atom stereocenters. The van der Waals surface area contributed by atoms with E-state index >= 15 is 0 Å². The third-order valence-electron chi connectivity index (χ3n) is 4.94. The summed E-state index contributed by atoms with van der Waals surface area (Å²) in [6.07, 6.45) is 3.95. The quantitative estimate of drug-likeness (QED) is 0.690. The van der Waals surface area contributed by atoms with E-state index in [-0.39, 0.29) is 29.3 Å². The van der Waals surface area contributed by atoms with Crippen LogP contribution in [0.1, 0.15) is 28.8 Å². The van der Waals surface area contributed by atoms with Gasteiger partial charge in [-0.2, -0.15) is 5.10 Å². The molecule has 0 bridgehead atoms. The van der Waals surface area contributed by atoms with Crippen molar-refractivity contribution in [1.29, 1.82) is 0 Å². The van der Waals surface area contributed by atoms with Crippen molar-refractivity contribution in [3.63, 3.8) is 0 Å². The molecule has 0 unspecified atom stereocenters. The van der Waals surface area contributed by atoms with E-state index in [9.17, 15) is 14.3 Å². The maximum absolute atomic E-state index is 14.2. The number of aromatic nitrogens is 2. The maximum atomic E-state index is 14.2.